The van der Waals surface area contributed by atoms with Gasteiger partial charge in [-0.25, -0.2) is 4.79 Å². The lowest BCUT2D eigenvalue weighted by atomic mass is 10.1. The topological polar surface area (TPSA) is 119 Å². The highest BCUT2D eigenvalue weighted by atomic mass is 16.6. The number of unbranched alkanes of at least 4 members (excludes halogenated alkanes) is 8. The van der Waals surface area contributed by atoms with E-state index in [-0.39, 0.29) is 31.6 Å². The molecule has 2 N–H and O–H groups in total. The van der Waals surface area contributed by atoms with E-state index >= 15 is 0 Å². The van der Waals surface area contributed by atoms with Crippen LogP contribution in [0.2, 0.25) is 0 Å². The average Bonchev–Trinajstić information content (AvgIpc) is 2.64. The van der Waals surface area contributed by atoms with Gasteiger partial charge in [-0.1, -0.05) is 44.9 Å². The summed E-state index contributed by atoms with van der Waals surface area (Å²) in [5.74, 6) is -1.37. The first-order chi connectivity index (χ1) is 14.1. The van der Waals surface area contributed by atoms with Gasteiger partial charge < -0.3 is 19.9 Å². The minimum Gasteiger partial charge on any atom is -0.481 e. The molecule has 0 radical (unpaired) electrons. The van der Waals surface area contributed by atoms with Crippen LogP contribution in [0.4, 0.5) is 4.79 Å². The molecule has 0 saturated carbocycles. The fourth-order valence-electron chi connectivity index (χ4n) is 2.69. The quantitative estimate of drug-likeness (QED) is 0.260. The van der Waals surface area contributed by atoms with Gasteiger partial charge in [-0.15, -0.1) is 0 Å². The molecule has 0 aromatic heterocycles. The number of aliphatic carboxylic acids is 1. The fourth-order valence-corrected chi connectivity index (χ4v) is 2.69. The first kappa shape index (κ1) is 27.9. The van der Waals surface area contributed by atoms with E-state index in [2.05, 4.69) is 5.32 Å². The molecule has 8 nitrogen and oxygen atoms in total. The van der Waals surface area contributed by atoms with Gasteiger partial charge in [0.1, 0.15) is 5.60 Å². The number of hydrogen-bond donors (Lipinski definition) is 2. The number of esters is 1. The molecule has 0 aliphatic rings. The number of amides is 1. The van der Waals surface area contributed by atoms with Crippen LogP contribution in [0.25, 0.3) is 0 Å². The van der Waals surface area contributed by atoms with Gasteiger partial charge in [0.25, 0.3) is 0 Å². The largest absolute Gasteiger partial charge is 0.481 e. The zero-order valence-corrected chi connectivity index (χ0v) is 18.8. The maximum atomic E-state index is 11.7. The number of carbonyl (C=O) groups is 4. The molecule has 0 unspecified atom stereocenters. The Kier molecular flexibility index (Phi) is 15.5. The van der Waals surface area contributed by atoms with Crippen LogP contribution in [-0.4, -0.2) is 47.7 Å². The Labute approximate surface area is 180 Å². The lowest BCUT2D eigenvalue weighted by Gasteiger charge is -2.19. The third-order valence-corrected chi connectivity index (χ3v) is 4.23. The highest BCUT2D eigenvalue weighted by Gasteiger charge is 2.17. The Hall–Kier alpha value is -2.12. The van der Waals surface area contributed by atoms with Crippen molar-refractivity contribution < 1.29 is 33.8 Å². The van der Waals surface area contributed by atoms with E-state index < -0.39 is 23.6 Å². The van der Waals surface area contributed by atoms with Crippen molar-refractivity contribution in [2.75, 3.05) is 13.2 Å². The summed E-state index contributed by atoms with van der Waals surface area (Å²) < 4.78 is 10.2. The Bertz CT molecular complexity index is 526. The highest BCUT2D eigenvalue weighted by molar-refractivity contribution is 5.86. The SMILES string of the molecule is CC(C)(C)OC(=O)NCC(=O)CCC(=O)OCCCCCCCCCCCC(=O)O. The summed E-state index contributed by atoms with van der Waals surface area (Å²) >= 11 is 0. The number of hydrogen-bond acceptors (Lipinski definition) is 6. The average molecular weight is 430 g/mol. The molecule has 0 spiro atoms. The van der Waals surface area contributed by atoms with E-state index in [4.69, 9.17) is 14.6 Å². The number of alkyl carbamates (subject to hydrolysis) is 1. The van der Waals surface area contributed by atoms with Crippen LogP contribution in [0.5, 0.6) is 0 Å². The molecule has 0 fully saturated rings. The van der Waals surface area contributed by atoms with Crippen LogP contribution >= 0.6 is 0 Å². The molecule has 0 saturated heterocycles. The standard InChI is InChI=1S/C22H39NO7/c1-22(2,3)30-21(28)23-17-18(24)14-15-20(27)29-16-12-10-8-6-4-5-7-9-11-13-19(25)26/h4-17H2,1-3H3,(H,23,28)(H,25,26). The van der Waals surface area contributed by atoms with E-state index in [9.17, 15) is 19.2 Å². The number of carboxylic acid groups (broad SMARTS) is 1. The van der Waals surface area contributed by atoms with Crippen molar-refractivity contribution in [1.29, 1.82) is 0 Å². The minimum atomic E-state index is -0.725. The molecular formula is C22H39NO7. The van der Waals surface area contributed by atoms with Crippen molar-refractivity contribution in [3.05, 3.63) is 0 Å². The summed E-state index contributed by atoms with van der Waals surface area (Å²) in [5, 5.41) is 10.9. The third-order valence-electron chi connectivity index (χ3n) is 4.23. The Morgan fingerprint density at radius 2 is 1.30 bits per heavy atom. The lowest BCUT2D eigenvalue weighted by molar-refractivity contribution is -0.145. The van der Waals surface area contributed by atoms with E-state index in [0.29, 0.717) is 6.61 Å². The number of carboxylic acids is 1. The van der Waals surface area contributed by atoms with Crippen LogP contribution in [0, 0.1) is 0 Å². The van der Waals surface area contributed by atoms with Crippen LogP contribution in [0.15, 0.2) is 0 Å². The molecule has 0 aliphatic heterocycles. The predicted octanol–water partition coefficient (Wildman–Crippen LogP) is 4.39. The van der Waals surface area contributed by atoms with Gasteiger partial charge in [-0.2, -0.15) is 0 Å². The first-order valence-corrected chi connectivity index (χ1v) is 11.0. The van der Waals surface area contributed by atoms with Crippen molar-refractivity contribution in [2.45, 2.75) is 103 Å². The highest BCUT2D eigenvalue weighted by Crippen LogP contribution is 2.11. The molecule has 1 amide bonds. The number of Topliss-reactive ketones (excluding diaryl/α,β-unsaturated/α-hetero) is 1. The van der Waals surface area contributed by atoms with Crippen LogP contribution < -0.4 is 5.32 Å². The Balaban J connectivity index is 3.48. The first-order valence-electron chi connectivity index (χ1n) is 11.0. The van der Waals surface area contributed by atoms with Gasteiger partial charge in [0, 0.05) is 12.8 Å². The molecule has 30 heavy (non-hydrogen) atoms. The molecule has 0 heterocycles. The van der Waals surface area contributed by atoms with E-state index in [1.54, 1.807) is 20.8 Å². The number of ketones is 1. The van der Waals surface area contributed by atoms with Gasteiger partial charge in [0.2, 0.25) is 0 Å². The summed E-state index contributed by atoms with van der Waals surface area (Å²) in [4.78, 5) is 45.2. The van der Waals surface area contributed by atoms with Gasteiger partial charge in [0.15, 0.2) is 5.78 Å². The molecule has 0 atom stereocenters. The van der Waals surface area contributed by atoms with Crippen molar-refractivity contribution in [3.63, 3.8) is 0 Å². The third kappa shape index (κ3) is 20.6. The summed E-state index contributed by atoms with van der Waals surface area (Å²) in [6.45, 7) is 5.40. The monoisotopic (exact) mass is 429 g/mol. The van der Waals surface area contributed by atoms with E-state index in [1.807, 2.05) is 0 Å². The van der Waals surface area contributed by atoms with E-state index in [0.717, 1.165) is 57.8 Å². The summed E-state index contributed by atoms with van der Waals surface area (Å²) in [6.07, 6.45) is 8.74. The number of carbonyl (C=O) groups excluding carboxylic acids is 3. The van der Waals surface area contributed by atoms with Crippen LogP contribution in [0.3, 0.4) is 0 Å². The van der Waals surface area contributed by atoms with Crippen molar-refractivity contribution in [2.24, 2.45) is 0 Å². The second-order valence-corrected chi connectivity index (χ2v) is 8.44. The van der Waals surface area contributed by atoms with Crippen molar-refractivity contribution in [1.82, 2.24) is 5.32 Å². The zero-order valence-electron chi connectivity index (χ0n) is 18.8. The van der Waals surface area contributed by atoms with Gasteiger partial charge in [0.05, 0.1) is 19.6 Å². The molecule has 0 aromatic rings. The van der Waals surface area contributed by atoms with Crippen molar-refractivity contribution in [3.8, 4) is 0 Å². The summed E-state index contributed by atoms with van der Waals surface area (Å²) in [7, 11) is 0. The molecule has 0 rings (SSSR count). The maximum Gasteiger partial charge on any atom is 0.408 e. The normalized spacial score (nSPS) is 11.0. The lowest BCUT2D eigenvalue weighted by Crippen LogP contribution is -2.35. The fraction of sp³-hybridized carbons (Fsp3) is 0.818. The van der Waals surface area contributed by atoms with Gasteiger partial charge in [-0.3, -0.25) is 14.4 Å². The molecule has 0 aromatic carbocycles. The Morgan fingerprint density at radius 3 is 1.83 bits per heavy atom. The second-order valence-electron chi connectivity index (χ2n) is 8.44. The minimum absolute atomic E-state index is 0.0106. The molecule has 0 bridgehead atoms. The van der Waals surface area contributed by atoms with E-state index in [1.165, 1.54) is 0 Å². The predicted molar refractivity (Wildman–Crippen MR) is 113 cm³/mol. The van der Waals surface area contributed by atoms with Crippen molar-refractivity contribution >= 4 is 23.8 Å². The summed E-state index contributed by atoms with van der Waals surface area (Å²) in [6, 6.07) is 0. The van der Waals surface area contributed by atoms with Gasteiger partial charge in [-0.05, 0) is 33.6 Å². The molecule has 174 valence electrons. The maximum absolute atomic E-state index is 11.7. The number of ether oxygens (including phenoxy) is 2. The van der Waals surface area contributed by atoms with Crippen LogP contribution in [-0.2, 0) is 23.9 Å². The molecule has 0 aliphatic carbocycles. The molecule has 8 heteroatoms. The zero-order chi connectivity index (χ0) is 22.8. The Morgan fingerprint density at radius 1 is 0.767 bits per heavy atom. The second kappa shape index (κ2) is 16.7. The summed E-state index contributed by atoms with van der Waals surface area (Å²) in [5.41, 5.74) is -0.625. The number of nitrogens with one attached hydrogen (secondary N) is 1. The number of rotatable bonds is 17. The molecular weight excluding hydrogens is 390 g/mol. The smallest absolute Gasteiger partial charge is 0.408 e. The van der Waals surface area contributed by atoms with Crippen LogP contribution in [0.1, 0.15) is 97.8 Å². The van der Waals surface area contributed by atoms with Gasteiger partial charge >= 0.3 is 18.0 Å².